The zero-order chi connectivity index (χ0) is 10.6. The molecule has 0 heterocycles. The topological polar surface area (TPSA) is 52.3 Å². The molecule has 1 unspecified atom stereocenters. The lowest BCUT2D eigenvalue weighted by molar-refractivity contribution is -0.156. The largest absolute Gasteiger partial charge is 0.459 e. The van der Waals surface area contributed by atoms with Crippen LogP contribution in [0.25, 0.3) is 0 Å². The Bertz CT molecular complexity index is 208. The van der Waals surface area contributed by atoms with E-state index in [0.29, 0.717) is 0 Å². The molecule has 2 N–H and O–H groups in total. The van der Waals surface area contributed by atoms with Crippen LogP contribution >= 0.6 is 0 Å². The number of carbonyl (C=O) groups is 1. The standard InChI is InChI=1S/C9H16FNO2/c1-6(10)5-7(11)8(12)13-9(2,3)4/h7H,1,5,11H2,2-4H3. The second-order valence-corrected chi connectivity index (χ2v) is 3.86. The van der Waals surface area contributed by atoms with Crippen molar-refractivity contribution < 1.29 is 13.9 Å². The number of hydrogen-bond donors (Lipinski definition) is 1. The predicted octanol–water partition coefficient (Wildman–Crippen LogP) is 1.53. The van der Waals surface area contributed by atoms with E-state index in [0.717, 1.165) is 0 Å². The minimum atomic E-state index is -0.961. The Hall–Kier alpha value is -0.900. The van der Waals surface area contributed by atoms with E-state index in [1.54, 1.807) is 20.8 Å². The van der Waals surface area contributed by atoms with E-state index in [-0.39, 0.29) is 6.42 Å². The van der Waals surface area contributed by atoms with Crippen molar-refractivity contribution in [2.75, 3.05) is 0 Å². The number of ether oxygens (including phenoxy) is 1. The molecule has 4 heteroatoms. The lowest BCUT2D eigenvalue weighted by atomic mass is 10.1. The van der Waals surface area contributed by atoms with Gasteiger partial charge in [-0.25, -0.2) is 4.39 Å². The van der Waals surface area contributed by atoms with E-state index in [9.17, 15) is 9.18 Å². The van der Waals surface area contributed by atoms with Crippen molar-refractivity contribution in [2.45, 2.75) is 38.8 Å². The van der Waals surface area contributed by atoms with Gasteiger partial charge in [0.1, 0.15) is 11.6 Å². The van der Waals surface area contributed by atoms with Gasteiger partial charge in [-0.2, -0.15) is 0 Å². The maximum Gasteiger partial charge on any atom is 0.323 e. The minimum Gasteiger partial charge on any atom is -0.459 e. The molecule has 0 aliphatic carbocycles. The van der Waals surface area contributed by atoms with Gasteiger partial charge in [-0.3, -0.25) is 4.79 Å². The van der Waals surface area contributed by atoms with Gasteiger partial charge in [-0.15, -0.1) is 0 Å². The third kappa shape index (κ3) is 6.28. The summed E-state index contributed by atoms with van der Waals surface area (Å²) in [5.41, 5.74) is 4.76. The minimum absolute atomic E-state index is 0.186. The number of nitrogens with two attached hydrogens (primary N) is 1. The molecule has 1 atom stereocenters. The van der Waals surface area contributed by atoms with Crippen molar-refractivity contribution in [1.82, 2.24) is 0 Å². The first-order valence-corrected chi connectivity index (χ1v) is 4.04. The van der Waals surface area contributed by atoms with Crippen LogP contribution in [0.2, 0.25) is 0 Å². The number of halogens is 1. The van der Waals surface area contributed by atoms with E-state index in [2.05, 4.69) is 6.58 Å². The van der Waals surface area contributed by atoms with Crippen molar-refractivity contribution in [2.24, 2.45) is 5.73 Å². The summed E-state index contributed by atoms with van der Waals surface area (Å²) in [6, 6.07) is -0.961. The molecular formula is C9H16FNO2. The lowest BCUT2D eigenvalue weighted by Crippen LogP contribution is -2.37. The van der Waals surface area contributed by atoms with Gasteiger partial charge in [0, 0.05) is 6.42 Å². The van der Waals surface area contributed by atoms with Gasteiger partial charge in [0.2, 0.25) is 0 Å². The molecule has 0 aromatic rings. The summed E-state index contributed by atoms with van der Waals surface area (Å²) in [5.74, 6) is -1.22. The van der Waals surface area contributed by atoms with Crippen molar-refractivity contribution in [3.8, 4) is 0 Å². The first kappa shape index (κ1) is 12.1. The summed E-state index contributed by atoms with van der Waals surface area (Å²) in [5, 5.41) is 0. The fourth-order valence-electron chi connectivity index (χ4n) is 0.699. The van der Waals surface area contributed by atoms with Gasteiger partial charge in [0.25, 0.3) is 0 Å². The smallest absolute Gasteiger partial charge is 0.323 e. The summed E-state index contributed by atoms with van der Waals surface area (Å²) in [4.78, 5) is 11.1. The summed E-state index contributed by atoms with van der Waals surface area (Å²) in [7, 11) is 0. The zero-order valence-corrected chi connectivity index (χ0v) is 8.26. The van der Waals surface area contributed by atoms with Gasteiger partial charge in [-0.1, -0.05) is 6.58 Å². The van der Waals surface area contributed by atoms with Crippen molar-refractivity contribution >= 4 is 5.97 Å². The molecule has 0 saturated carbocycles. The highest BCUT2D eigenvalue weighted by atomic mass is 19.1. The highest BCUT2D eigenvalue weighted by molar-refractivity contribution is 5.76. The predicted molar refractivity (Wildman–Crippen MR) is 48.7 cm³/mol. The SMILES string of the molecule is C=C(F)CC(N)C(=O)OC(C)(C)C. The van der Waals surface area contributed by atoms with Crippen LogP contribution in [0.15, 0.2) is 12.4 Å². The Balaban J connectivity index is 4.05. The average Bonchev–Trinajstić information content (AvgIpc) is 1.81. The molecule has 0 aliphatic rings. The first-order chi connectivity index (χ1) is 5.72. The highest BCUT2D eigenvalue weighted by Crippen LogP contribution is 2.10. The van der Waals surface area contributed by atoms with Gasteiger partial charge >= 0.3 is 5.97 Å². The normalized spacial score (nSPS) is 13.6. The second kappa shape index (κ2) is 4.37. The first-order valence-electron chi connectivity index (χ1n) is 4.04. The van der Waals surface area contributed by atoms with Crippen LogP contribution in [0.5, 0.6) is 0 Å². The Kier molecular flexibility index (Phi) is 4.07. The van der Waals surface area contributed by atoms with Gasteiger partial charge in [-0.05, 0) is 20.8 Å². The van der Waals surface area contributed by atoms with Crippen LogP contribution in [0, 0.1) is 0 Å². The zero-order valence-electron chi connectivity index (χ0n) is 8.26. The summed E-state index contributed by atoms with van der Waals surface area (Å²) in [6.07, 6.45) is -0.186. The molecule has 0 aromatic carbocycles. The molecule has 0 fully saturated rings. The molecule has 0 spiro atoms. The summed E-state index contributed by atoms with van der Waals surface area (Å²) < 4.78 is 17.2. The highest BCUT2D eigenvalue weighted by Gasteiger charge is 2.22. The molecule has 0 aliphatic heterocycles. The Labute approximate surface area is 77.7 Å². The lowest BCUT2D eigenvalue weighted by Gasteiger charge is -2.21. The van der Waals surface area contributed by atoms with Crippen molar-refractivity contribution in [1.29, 1.82) is 0 Å². The quantitative estimate of drug-likeness (QED) is 0.685. The van der Waals surface area contributed by atoms with Crippen LogP contribution in [-0.4, -0.2) is 17.6 Å². The molecule has 0 aromatic heterocycles. The van der Waals surface area contributed by atoms with E-state index in [4.69, 9.17) is 10.5 Å². The van der Waals surface area contributed by atoms with Gasteiger partial charge < -0.3 is 10.5 Å². The van der Waals surface area contributed by atoms with E-state index >= 15 is 0 Å². The molecule has 0 saturated heterocycles. The second-order valence-electron chi connectivity index (χ2n) is 3.86. The van der Waals surface area contributed by atoms with Crippen LogP contribution < -0.4 is 5.73 Å². The summed E-state index contributed by atoms with van der Waals surface area (Å²) in [6.45, 7) is 8.19. The molecule has 0 bridgehead atoms. The maximum absolute atomic E-state index is 12.3. The van der Waals surface area contributed by atoms with Crippen molar-refractivity contribution in [3.05, 3.63) is 12.4 Å². The number of rotatable bonds is 3. The Morgan fingerprint density at radius 3 is 2.38 bits per heavy atom. The molecule has 0 radical (unpaired) electrons. The van der Waals surface area contributed by atoms with Crippen LogP contribution in [0.4, 0.5) is 4.39 Å². The number of esters is 1. The van der Waals surface area contributed by atoms with Crippen LogP contribution in [0.3, 0.4) is 0 Å². The third-order valence-electron chi connectivity index (χ3n) is 1.15. The third-order valence-corrected chi connectivity index (χ3v) is 1.15. The molecule has 0 rings (SSSR count). The van der Waals surface area contributed by atoms with Crippen LogP contribution in [0.1, 0.15) is 27.2 Å². The fourth-order valence-corrected chi connectivity index (χ4v) is 0.699. The molecular weight excluding hydrogens is 173 g/mol. The molecule has 0 amide bonds. The average molecular weight is 189 g/mol. The van der Waals surface area contributed by atoms with E-state index < -0.39 is 23.4 Å². The Morgan fingerprint density at radius 1 is 1.62 bits per heavy atom. The number of carbonyl (C=O) groups excluding carboxylic acids is 1. The monoisotopic (exact) mass is 189 g/mol. The van der Waals surface area contributed by atoms with E-state index in [1.807, 2.05) is 0 Å². The molecule has 13 heavy (non-hydrogen) atoms. The Morgan fingerprint density at radius 2 is 2.08 bits per heavy atom. The molecule has 76 valence electrons. The summed E-state index contributed by atoms with van der Waals surface area (Å²) >= 11 is 0. The van der Waals surface area contributed by atoms with Crippen LogP contribution in [-0.2, 0) is 9.53 Å². The fraction of sp³-hybridized carbons (Fsp3) is 0.667. The van der Waals surface area contributed by atoms with Crippen molar-refractivity contribution in [3.63, 3.8) is 0 Å². The number of hydrogen-bond acceptors (Lipinski definition) is 3. The van der Waals surface area contributed by atoms with Gasteiger partial charge in [0.05, 0.1) is 5.83 Å². The molecule has 3 nitrogen and oxygen atoms in total. The maximum atomic E-state index is 12.3. The van der Waals surface area contributed by atoms with Gasteiger partial charge in [0.15, 0.2) is 0 Å². The van der Waals surface area contributed by atoms with E-state index in [1.165, 1.54) is 0 Å².